The molecule has 2 aromatic heterocycles. The number of thioether (sulfide) groups is 2. The maximum absolute atomic E-state index is 13.5. The highest BCUT2D eigenvalue weighted by Gasteiger charge is 2.46. The zero-order valence-corrected chi connectivity index (χ0v) is 61.3. The van der Waals surface area contributed by atoms with Crippen LogP contribution in [0.2, 0.25) is 0 Å². The molecule has 8 aromatic rings. The molecule has 0 unspecified atom stereocenters. The van der Waals surface area contributed by atoms with Crippen LogP contribution in [0.4, 0.5) is 0 Å². The number of rotatable bonds is 34. The Balaban J connectivity index is 0.999. The molecule has 2 aliphatic carbocycles. The van der Waals surface area contributed by atoms with E-state index in [1.54, 1.807) is 9.80 Å². The van der Waals surface area contributed by atoms with Gasteiger partial charge >= 0.3 is 0 Å². The van der Waals surface area contributed by atoms with Crippen LogP contribution in [0.25, 0.3) is 89.5 Å². The Morgan fingerprint density at radius 3 is 1.03 bits per heavy atom. The molecule has 94 heavy (non-hydrogen) atoms. The summed E-state index contributed by atoms with van der Waals surface area (Å²) in [6, 6.07) is 34.1. The van der Waals surface area contributed by atoms with Crippen LogP contribution in [0, 0.1) is 0 Å². The molecule has 4 aliphatic rings. The Morgan fingerprint density at radius 2 is 0.691 bits per heavy atom. The van der Waals surface area contributed by atoms with Crippen LogP contribution in [0.5, 0.6) is 0 Å². The summed E-state index contributed by atoms with van der Waals surface area (Å²) in [5.41, 5.74) is 20.9. The molecule has 2 aliphatic heterocycles. The van der Waals surface area contributed by atoms with Crippen LogP contribution >= 0.6 is 71.4 Å². The van der Waals surface area contributed by atoms with Gasteiger partial charge in [-0.05, 0) is 154 Å². The number of likely N-dealkylation sites (N-methyl/N-ethyl adjacent to an activating group) is 2. The highest BCUT2D eigenvalue weighted by atomic mass is 32.2. The first-order chi connectivity index (χ1) is 46.0. The predicted octanol–water partition coefficient (Wildman–Crippen LogP) is 24.2. The molecule has 2 amide bonds. The zero-order chi connectivity index (χ0) is 65.3. The van der Waals surface area contributed by atoms with Crippen LogP contribution in [-0.2, 0) is 20.4 Å². The first kappa shape index (κ1) is 68.5. The van der Waals surface area contributed by atoms with E-state index >= 15 is 0 Å². The number of nitrogens with zero attached hydrogens (tertiary/aromatic N) is 6. The average molecular weight is 1360 g/mol. The van der Waals surface area contributed by atoms with E-state index in [0.29, 0.717) is 31.5 Å². The number of aromatic nitrogens is 4. The topological polar surface area (TPSA) is 92.2 Å². The van der Waals surface area contributed by atoms with Gasteiger partial charge in [0.15, 0.2) is 0 Å². The number of fused-ring (bicyclic) bond motifs is 9. The van der Waals surface area contributed by atoms with Gasteiger partial charge in [0.05, 0.1) is 33.3 Å². The van der Waals surface area contributed by atoms with Crippen molar-refractivity contribution in [1.82, 2.24) is 27.3 Å². The quantitative estimate of drug-likeness (QED) is 0.0221. The number of benzene rings is 6. The van der Waals surface area contributed by atoms with Gasteiger partial charge in [0, 0.05) is 46.2 Å². The van der Waals surface area contributed by atoms with Gasteiger partial charge in [-0.2, -0.15) is 17.5 Å². The van der Waals surface area contributed by atoms with Crippen molar-refractivity contribution in [2.75, 3.05) is 13.1 Å². The van der Waals surface area contributed by atoms with Crippen LogP contribution in [0.15, 0.2) is 94.7 Å². The molecule has 0 radical (unpaired) electrons. The van der Waals surface area contributed by atoms with Crippen molar-refractivity contribution >= 4 is 137 Å². The molecule has 6 aromatic carbocycles. The molecule has 492 valence electrons. The Bertz CT molecular complexity index is 3880. The molecule has 0 saturated carbocycles. The lowest BCUT2D eigenvalue weighted by Gasteiger charge is -2.34. The van der Waals surface area contributed by atoms with Crippen molar-refractivity contribution in [3.05, 3.63) is 128 Å². The Labute approximate surface area is 587 Å². The number of hydrogen-bond donors (Lipinski definition) is 0. The first-order valence-corrected chi connectivity index (χ1v) is 39.9. The Kier molecular flexibility index (Phi) is 22.8. The molecule has 0 bridgehead atoms. The van der Waals surface area contributed by atoms with E-state index in [1.165, 1.54) is 267 Å². The SMILES string of the molecule is CCCCCCCCC1(CCCCCCCC)c2cc(-c3ccc(/C=C4\SC(=S)N(CC)C4=O)c4nsnc34)ccc2-c2cc3cc4c(cc3cc21)-c1ccc(-c2ccc(/C=C3\SC(=S)N(CC)C3=O)c3nsnc23)cc1C4(CCCCCCCC)CCCCCCCC. The highest BCUT2D eigenvalue weighted by Crippen LogP contribution is 2.60. The van der Waals surface area contributed by atoms with Gasteiger partial charge in [0.1, 0.15) is 30.7 Å². The monoisotopic (exact) mass is 1360 g/mol. The summed E-state index contributed by atoms with van der Waals surface area (Å²) >= 11 is 16.5. The molecular formula is C80H94N6O2S6. The second-order valence-corrected chi connectivity index (χ2v) is 31.5. The average Bonchev–Trinajstić information content (AvgIpc) is 1.54. The lowest BCUT2D eigenvalue weighted by atomic mass is 9.69. The Hall–Kier alpha value is -5.48. The summed E-state index contributed by atoms with van der Waals surface area (Å²) in [6.07, 6.45) is 38.6. The third kappa shape index (κ3) is 13.8. The van der Waals surface area contributed by atoms with Crippen molar-refractivity contribution in [3.63, 3.8) is 0 Å². The largest absolute Gasteiger partial charge is 0.293 e. The van der Waals surface area contributed by atoms with Gasteiger partial charge in [-0.25, -0.2) is 0 Å². The summed E-state index contributed by atoms with van der Waals surface area (Å²) in [5, 5.41) is 2.68. The van der Waals surface area contributed by atoms with Crippen LogP contribution in [0.3, 0.4) is 0 Å². The maximum Gasteiger partial charge on any atom is 0.266 e. The molecule has 8 nitrogen and oxygen atoms in total. The number of thiocarbonyl (C=S) groups is 2. The normalized spacial score (nSPS) is 16.4. The molecule has 2 fully saturated rings. The second-order valence-electron chi connectivity index (χ2n) is 27.1. The van der Waals surface area contributed by atoms with Gasteiger partial charge in [-0.1, -0.05) is 278 Å². The molecule has 12 rings (SSSR count). The minimum atomic E-state index is -0.168. The zero-order valence-electron chi connectivity index (χ0n) is 56.4. The third-order valence-corrected chi connectivity index (χ3v) is 24.9. The van der Waals surface area contributed by atoms with E-state index in [4.69, 9.17) is 41.9 Å². The van der Waals surface area contributed by atoms with E-state index in [9.17, 15) is 9.59 Å². The summed E-state index contributed by atoms with van der Waals surface area (Å²) < 4.78 is 21.0. The number of carbonyl (C=O) groups is 2. The van der Waals surface area contributed by atoms with Crippen LogP contribution in [-0.4, -0.2) is 60.8 Å². The molecule has 0 spiro atoms. The van der Waals surface area contributed by atoms with Gasteiger partial charge < -0.3 is 0 Å². The summed E-state index contributed by atoms with van der Waals surface area (Å²) in [4.78, 5) is 31.5. The van der Waals surface area contributed by atoms with E-state index in [-0.39, 0.29) is 22.6 Å². The maximum atomic E-state index is 13.5. The fourth-order valence-corrected chi connectivity index (χ4v) is 19.9. The number of carbonyl (C=O) groups excluding carboxylic acids is 2. The highest BCUT2D eigenvalue weighted by molar-refractivity contribution is 8.27. The van der Waals surface area contributed by atoms with Crippen molar-refractivity contribution in [2.24, 2.45) is 0 Å². The molecule has 4 heterocycles. The molecule has 0 N–H and O–H groups in total. The fourth-order valence-electron chi connectivity index (χ4n) is 16.0. The van der Waals surface area contributed by atoms with Crippen LogP contribution < -0.4 is 0 Å². The standard InChI is InChI=1S/C80H94N6O2S6/c1-7-13-17-21-25-29-41-79(42-30-26-22-18-14-8-2)65-47-53(59-37-35-55(71-73(59)83-93-81-71)51-69-75(87)85(11-5)77(89)91-69)33-39-61(65)63-45-58-50-68-64(46-57(58)49-67(63)79)62-40-34-54(48-66(62)80(68,43-31-27-23-19-15-9-3)44-32-28-24-20-16-10-4)60-38-36-56(72-74(60)84-94-82-72)52-70-76(88)86(12-6)78(90)92-70/h33-40,45-52H,7-32,41-44H2,1-6H3/b69-51-,70-52-. The van der Waals surface area contributed by atoms with Gasteiger partial charge in [0.25, 0.3) is 11.8 Å². The Morgan fingerprint density at radius 1 is 0.372 bits per heavy atom. The summed E-state index contributed by atoms with van der Waals surface area (Å²) in [7, 11) is 0. The minimum absolute atomic E-state index is 0.0431. The third-order valence-electron chi connectivity index (χ3n) is 21.1. The van der Waals surface area contributed by atoms with E-state index < -0.39 is 0 Å². The van der Waals surface area contributed by atoms with Gasteiger partial charge in [-0.15, -0.1) is 0 Å². The fraction of sp³-hybridized carbons (Fsp3) is 0.475. The van der Waals surface area contributed by atoms with E-state index in [2.05, 4.69) is 113 Å². The molecule has 0 atom stereocenters. The minimum Gasteiger partial charge on any atom is -0.293 e. The second kappa shape index (κ2) is 31.4. The van der Waals surface area contributed by atoms with Crippen molar-refractivity contribution < 1.29 is 9.59 Å². The summed E-state index contributed by atoms with van der Waals surface area (Å²) in [5.74, 6) is -0.0862. The van der Waals surface area contributed by atoms with E-state index in [0.717, 1.165) is 70.0 Å². The molecule has 2 saturated heterocycles. The number of unbranched alkanes of at least 4 members (excludes halogenated alkanes) is 20. The van der Waals surface area contributed by atoms with Crippen LogP contribution in [0.1, 0.15) is 255 Å². The van der Waals surface area contributed by atoms with Gasteiger partial charge in [-0.3, -0.25) is 19.4 Å². The van der Waals surface area contributed by atoms with Crippen molar-refractivity contribution in [3.8, 4) is 44.5 Å². The van der Waals surface area contributed by atoms with Gasteiger partial charge in [0.2, 0.25) is 0 Å². The first-order valence-electron chi connectivity index (χ1n) is 36.0. The molecular weight excluding hydrogens is 1270 g/mol. The van der Waals surface area contributed by atoms with E-state index in [1.807, 2.05) is 26.0 Å². The number of amides is 2. The number of hydrogen-bond acceptors (Lipinski definition) is 12. The summed E-state index contributed by atoms with van der Waals surface area (Å²) in [6.45, 7) is 14.3. The van der Waals surface area contributed by atoms with Crippen molar-refractivity contribution in [2.45, 2.75) is 232 Å². The lowest BCUT2D eigenvalue weighted by Crippen LogP contribution is -2.27. The van der Waals surface area contributed by atoms with Crippen molar-refractivity contribution in [1.29, 1.82) is 0 Å². The lowest BCUT2D eigenvalue weighted by molar-refractivity contribution is -0.122. The predicted molar refractivity (Wildman–Crippen MR) is 412 cm³/mol. The smallest absolute Gasteiger partial charge is 0.266 e. The molecule has 14 heteroatoms.